The fourth-order valence-electron chi connectivity index (χ4n) is 3.78. The maximum absolute atomic E-state index is 14.9. The number of sulfonamides is 1. The van der Waals surface area contributed by atoms with Crippen molar-refractivity contribution in [1.82, 2.24) is 15.3 Å². The van der Waals surface area contributed by atoms with Gasteiger partial charge in [-0.15, -0.1) is 11.3 Å². The molecule has 1 unspecified atom stereocenters. The smallest absolute Gasteiger partial charge is 0.265 e. The topological polar surface area (TPSA) is 75.2 Å². The molecule has 0 saturated heterocycles. The van der Waals surface area contributed by atoms with Crippen LogP contribution >= 0.6 is 22.9 Å². The van der Waals surface area contributed by atoms with Crippen LogP contribution in [0.3, 0.4) is 0 Å². The lowest BCUT2D eigenvalue weighted by atomic mass is 10.2. The monoisotopic (exact) mass is 562 g/mol. The van der Waals surface area contributed by atoms with Crippen molar-refractivity contribution in [1.29, 1.82) is 0 Å². The standard InChI is InChI=1S/C26H25ClF2N4O2S2/c1-17-25(16-30-14-12-21-5-3-4-13-31-21)36-26(32-17)18(2)33(24-15-20(28)8-11-23(24)29)37(34,35)22-9-6-19(27)7-10-22/h3-11,13,15,18,30H,12,14,16H2,1-2H3. The van der Waals surface area contributed by atoms with Gasteiger partial charge in [0, 0.05) is 47.4 Å². The molecule has 0 saturated carbocycles. The zero-order chi connectivity index (χ0) is 26.6. The molecule has 37 heavy (non-hydrogen) atoms. The van der Waals surface area contributed by atoms with Gasteiger partial charge in [-0.25, -0.2) is 22.2 Å². The minimum atomic E-state index is -4.30. The number of aryl methyl sites for hydroxylation is 1. The van der Waals surface area contributed by atoms with Gasteiger partial charge in [0.25, 0.3) is 10.0 Å². The van der Waals surface area contributed by atoms with Crippen molar-refractivity contribution >= 4 is 38.6 Å². The van der Waals surface area contributed by atoms with Crippen LogP contribution < -0.4 is 9.62 Å². The predicted molar refractivity (Wildman–Crippen MR) is 142 cm³/mol. The van der Waals surface area contributed by atoms with Crippen LogP contribution in [0.4, 0.5) is 14.5 Å². The van der Waals surface area contributed by atoms with E-state index in [1.54, 1.807) is 13.1 Å². The van der Waals surface area contributed by atoms with E-state index in [0.717, 1.165) is 45.2 Å². The minimum Gasteiger partial charge on any atom is -0.311 e. The molecule has 0 spiro atoms. The van der Waals surface area contributed by atoms with Gasteiger partial charge in [-0.05, 0) is 62.4 Å². The molecular weight excluding hydrogens is 538 g/mol. The second-order valence-electron chi connectivity index (χ2n) is 8.34. The van der Waals surface area contributed by atoms with Gasteiger partial charge in [-0.2, -0.15) is 0 Å². The minimum absolute atomic E-state index is 0.0999. The molecule has 0 aliphatic carbocycles. The summed E-state index contributed by atoms with van der Waals surface area (Å²) in [5.41, 5.74) is 1.32. The Bertz CT molecular complexity index is 1470. The third-order valence-corrected chi connectivity index (χ3v) is 9.18. The SMILES string of the molecule is Cc1nc(C(C)N(c2cc(F)ccc2F)S(=O)(=O)c2ccc(Cl)cc2)sc1CNCCc1ccccn1. The number of aromatic nitrogens is 2. The highest BCUT2D eigenvalue weighted by atomic mass is 35.5. The highest BCUT2D eigenvalue weighted by molar-refractivity contribution is 7.92. The zero-order valence-electron chi connectivity index (χ0n) is 20.2. The van der Waals surface area contributed by atoms with Gasteiger partial charge in [-0.1, -0.05) is 17.7 Å². The number of nitrogens with one attached hydrogen (secondary N) is 1. The summed E-state index contributed by atoms with van der Waals surface area (Å²) < 4.78 is 57.4. The van der Waals surface area contributed by atoms with E-state index < -0.39 is 33.4 Å². The van der Waals surface area contributed by atoms with Crippen LogP contribution in [0.2, 0.25) is 5.02 Å². The fraction of sp³-hybridized carbons (Fsp3) is 0.231. The second kappa shape index (κ2) is 11.6. The molecule has 0 radical (unpaired) electrons. The fourth-order valence-corrected chi connectivity index (χ4v) is 6.67. The Morgan fingerprint density at radius 2 is 1.86 bits per heavy atom. The summed E-state index contributed by atoms with van der Waals surface area (Å²) >= 11 is 7.26. The molecule has 0 aliphatic heterocycles. The summed E-state index contributed by atoms with van der Waals surface area (Å²) in [5.74, 6) is -1.62. The summed E-state index contributed by atoms with van der Waals surface area (Å²) in [6.07, 6.45) is 2.51. The highest BCUT2D eigenvalue weighted by Crippen LogP contribution is 2.37. The molecule has 194 valence electrons. The lowest BCUT2D eigenvalue weighted by molar-refractivity contribution is 0.570. The van der Waals surface area contributed by atoms with Crippen LogP contribution in [-0.2, 0) is 23.0 Å². The van der Waals surface area contributed by atoms with Crippen LogP contribution in [0.15, 0.2) is 71.8 Å². The Labute approximate surface area is 224 Å². The van der Waals surface area contributed by atoms with E-state index in [0.29, 0.717) is 23.1 Å². The molecule has 11 heteroatoms. The lowest BCUT2D eigenvalue weighted by Crippen LogP contribution is -2.34. The van der Waals surface area contributed by atoms with E-state index in [1.165, 1.54) is 35.6 Å². The van der Waals surface area contributed by atoms with Crippen molar-refractivity contribution in [3.63, 3.8) is 0 Å². The summed E-state index contributed by atoms with van der Waals surface area (Å²) in [4.78, 5) is 9.72. The number of hydrogen-bond donors (Lipinski definition) is 1. The van der Waals surface area contributed by atoms with E-state index >= 15 is 0 Å². The average Bonchev–Trinajstić information content (AvgIpc) is 3.25. The van der Waals surface area contributed by atoms with Crippen LogP contribution in [0.25, 0.3) is 0 Å². The van der Waals surface area contributed by atoms with E-state index in [-0.39, 0.29) is 4.90 Å². The van der Waals surface area contributed by atoms with Crippen molar-refractivity contribution in [2.24, 2.45) is 0 Å². The van der Waals surface area contributed by atoms with Crippen molar-refractivity contribution in [3.8, 4) is 0 Å². The zero-order valence-corrected chi connectivity index (χ0v) is 22.5. The van der Waals surface area contributed by atoms with Gasteiger partial charge < -0.3 is 5.32 Å². The Hall–Kier alpha value is -2.92. The average molecular weight is 563 g/mol. The van der Waals surface area contributed by atoms with Gasteiger partial charge in [-0.3, -0.25) is 9.29 Å². The highest BCUT2D eigenvalue weighted by Gasteiger charge is 2.34. The number of benzene rings is 2. The first-order valence-corrected chi connectivity index (χ1v) is 14.1. The van der Waals surface area contributed by atoms with Crippen LogP contribution in [-0.4, -0.2) is 24.9 Å². The Morgan fingerprint density at radius 1 is 1.11 bits per heavy atom. The van der Waals surface area contributed by atoms with Gasteiger partial charge in [0.15, 0.2) is 0 Å². The number of halogens is 3. The van der Waals surface area contributed by atoms with Crippen LogP contribution in [0, 0.1) is 18.6 Å². The molecule has 2 aromatic carbocycles. The maximum Gasteiger partial charge on any atom is 0.265 e. The van der Waals surface area contributed by atoms with Crippen LogP contribution in [0.5, 0.6) is 0 Å². The normalized spacial score (nSPS) is 12.5. The first kappa shape index (κ1) is 27.1. The molecule has 2 heterocycles. The molecule has 0 aliphatic rings. The molecule has 1 atom stereocenters. The molecule has 1 N–H and O–H groups in total. The predicted octanol–water partition coefficient (Wildman–Crippen LogP) is 6.07. The van der Waals surface area contributed by atoms with E-state index in [1.807, 2.05) is 25.1 Å². The summed E-state index contributed by atoms with van der Waals surface area (Å²) in [7, 11) is -4.30. The molecule has 0 bridgehead atoms. The summed E-state index contributed by atoms with van der Waals surface area (Å²) in [6.45, 7) is 4.67. The second-order valence-corrected chi connectivity index (χ2v) is 11.7. The Morgan fingerprint density at radius 3 is 2.57 bits per heavy atom. The summed E-state index contributed by atoms with van der Waals surface area (Å²) in [6, 6.07) is 13.1. The van der Waals surface area contributed by atoms with E-state index in [2.05, 4.69) is 15.3 Å². The third kappa shape index (κ3) is 6.32. The summed E-state index contributed by atoms with van der Waals surface area (Å²) in [5, 5.41) is 4.17. The Kier molecular flexibility index (Phi) is 8.53. The molecule has 6 nitrogen and oxygen atoms in total. The van der Waals surface area contributed by atoms with E-state index in [9.17, 15) is 17.2 Å². The molecule has 0 fully saturated rings. The van der Waals surface area contributed by atoms with E-state index in [4.69, 9.17) is 11.6 Å². The van der Waals surface area contributed by atoms with Crippen molar-refractivity contribution in [2.45, 2.75) is 37.8 Å². The van der Waals surface area contributed by atoms with Crippen molar-refractivity contribution < 1.29 is 17.2 Å². The quantitative estimate of drug-likeness (QED) is 0.238. The molecule has 4 aromatic rings. The first-order valence-electron chi connectivity index (χ1n) is 11.5. The van der Waals surface area contributed by atoms with Gasteiger partial charge >= 0.3 is 0 Å². The number of rotatable bonds is 10. The van der Waals surface area contributed by atoms with Gasteiger partial charge in [0.2, 0.25) is 0 Å². The number of thiazole rings is 1. The molecule has 4 rings (SSSR count). The Balaban J connectivity index is 1.62. The molecule has 2 aromatic heterocycles. The van der Waals surface area contributed by atoms with Crippen LogP contribution in [0.1, 0.15) is 34.2 Å². The maximum atomic E-state index is 14.9. The number of nitrogens with zero attached hydrogens (tertiary/aromatic N) is 3. The molecular formula is C26H25ClF2N4O2S2. The molecule has 0 amide bonds. The third-order valence-electron chi connectivity index (χ3n) is 5.70. The first-order chi connectivity index (χ1) is 17.7. The van der Waals surface area contributed by atoms with Crippen molar-refractivity contribution in [3.05, 3.63) is 105 Å². The van der Waals surface area contributed by atoms with Crippen molar-refractivity contribution in [2.75, 3.05) is 10.8 Å². The number of anilines is 1. The van der Waals surface area contributed by atoms with Gasteiger partial charge in [0.05, 0.1) is 22.3 Å². The lowest BCUT2D eigenvalue weighted by Gasteiger charge is -2.29. The number of hydrogen-bond acceptors (Lipinski definition) is 6. The van der Waals surface area contributed by atoms with Gasteiger partial charge in [0.1, 0.15) is 16.6 Å². The number of pyridine rings is 1. The largest absolute Gasteiger partial charge is 0.311 e.